The number of carbonyl (C=O) groups excluding carboxylic acids is 2. The van der Waals surface area contributed by atoms with Crippen LogP contribution in [-0.4, -0.2) is 49.7 Å². The number of nitrogens with zero attached hydrogens (tertiary/aromatic N) is 1. The highest BCUT2D eigenvalue weighted by atomic mass is 16.7. The molecule has 0 aromatic heterocycles. The van der Waals surface area contributed by atoms with Gasteiger partial charge in [-0.05, 0) is 0 Å². The molecule has 0 N–H and O–H groups in total. The van der Waals surface area contributed by atoms with Crippen molar-refractivity contribution in [1.29, 1.82) is 0 Å². The van der Waals surface area contributed by atoms with Gasteiger partial charge in [-0.3, -0.25) is 14.4 Å². The lowest BCUT2D eigenvalue weighted by molar-refractivity contribution is -0.264. The fourth-order valence-corrected chi connectivity index (χ4v) is 2.56. The van der Waals surface area contributed by atoms with Crippen molar-refractivity contribution in [1.82, 2.24) is 5.06 Å². The Labute approximate surface area is 99.1 Å². The lowest BCUT2D eigenvalue weighted by Gasteiger charge is -2.54. The Morgan fingerprint density at radius 2 is 2.06 bits per heavy atom. The molecule has 0 bridgehead atoms. The largest absolute Gasteiger partial charge is 0.498 e. The first-order chi connectivity index (χ1) is 8.09. The lowest BCUT2D eigenvalue weighted by atomic mass is 9.73. The van der Waals surface area contributed by atoms with Crippen molar-refractivity contribution in [2.24, 2.45) is 0 Å². The minimum Gasteiger partial charge on any atom is -0.498 e. The fourth-order valence-electron chi connectivity index (χ4n) is 2.56. The summed E-state index contributed by atoms with van der Waals surface area (Å²) in [6, 6.07) is 0. The van der Waals surface area contributed by atoms with Crippen LogP contribution in [0.15, 0.2) is 11.8 Å². The summed E-state index contributed by atoms with van der Waals surface area (Å²) in [6.07, 6.45) is 1.42. The van der Waals surface area contributed by atoms with Crippen LogP contribution in [0.2, 0.25) is 0 Å². The summed E-state index contributed by atoms with van der Waals surface area (Å²) in [7, 11) is 4.39. The van der Waals surface area contributed by atoms with Crippen LogP contribution in [-0.2, 0) is 23.9 Å². The third kappa shape index (κ3) is 1.48. The minimum absolute atomic E-state index is 0.0743. The van der Waals surface area contributed by atoms with Crippen LogP contribution in [0.1, 0.15) is 12.8 Å². The molecule has 0 aromatic carbocycles. The second-order valence-electron chi connectivity index (χ2n) is 4.08. The van der Waals surface area contributed by atoms with E-state index in [1.165, 1.54) is 32.5 Å². The quantitative estimate of drug-likeness (QED) is 0.652. The molecule has 0 aromatic rings. The summed E-state index contributed by atoms with van der Waals surface area (Å²) in [5.41, 5.74) is -0.788. The van der Waals surface area contributed by atoms with Gasteiger partial charge in [0.05, 0.1) is 26.7 Å². The predicted molar refractivity (Wildman–Crippen MR) is 56.7 cm³/mol. The molecule has 17 heavy (non-hydrogen) atoms. The normalized spacial score (nSPS) is 32.5. The van der Waals surface area contributed by atoms with Crippen LogP contribution in [0, 0.1) is 0 Å². The first-order valence-corrected chi connectivity index (χ1v) is 5.29. The fraction of sp³-hybridized carbons (Fsp3) is 0.636. The van der Waals surface area contributed by atoms with Gasteiger partial charge < -0.3 is 9.47 Å². The SMILES string of the molecule is COC1=CC(=O)CC(OC)C12CC(=O)N2OC. The monoisotopic (exact) mass is 241 g/mol. The van der Waals surface area contributed by atoms with Gasteiger partial charge in [-0.2, -0.15) is 0 Å². The summed E-state index contributed by atoms with van der Waals surface area (Å²) in [5.74, 6) is 0.198. The molecule has 94 valence electrons. The maximum atomic E-state index is 11.5. The Balaban J connectivity index is 2.43. The topological polar surface area (TPSA) is 65.1 Å². The summed E-state index contributed by atoms with van der Waals surface area (Å²) < 4.78 is 10.5. The van der Waals surface area contributed by atoms with Gasteiger partial charge in [-0.15, -0.1) is 0 Å². The van der Waals surface area contributed by atoms with Crippen LogP contribution in [0.3, 0.4) is 0 Å². The second-order valence-corrected chi connectivity index (χ2v) is 4.08. The van der Waals surface area contributed by atoms with E-state index in [4.69, 9.17) is 14.3 Å². The van der Waals surface area contributed by atoms with Crippen LogP contribution < -0.4 is 0 Å². The van der Waals surface area contributed by atoms with Gasteiger partial charge in [0.1, 0.15) is 5.76 Å². The maximum absolute atomic E-state index is 11.5. The van der Waals surface area contributed by atoms with Gasteiger partial charge in [-0.1, -0.05) is 0 Å². The molecular weight excluding hydrogens is 226 g/mol. The Hall–Kier alpha value is -1.40. The average Bonchev–Trinajstić information content (AvgIpc) is 2.30. The van der Waals surface area contributed by atoms with Gasteiger partial charge in [0.2, 0.25) is 5.91 Å². The van der Waals surface area contributed by atoms with Crippen molar-refractivity contribution in [3.05, 3.63) is 11.8 Å². The van der Waals surface area contributed by atoms with E-state index >= 15 is 0 Å². The minimum atomic E-state index is -0.788. The number of hydroxylamine groups is 2. The standard InChI is InChI=1S/C11H15NO5/c1-15-8-4-7(13)5-9(16-2)11(8)6-10(14)12(11)17-3/h4,9H,5-6H2,1-3H3. The highest BCUT2D eigenvalue weighted by Crippen LogP contribution is 2.45. The molecule has 0 radical (unpaired) electrons. The molecule has 1 aliphatic heterocycles. The molecule has 2 aliphatic rings. The number of methoxy groups -OCH3 is 2. The Morgan fingerprint density at radius 3 is 2.53 bits per heavy atom. The number of hydrogen-bond acceptors (Lipinski definition) is 5. The lowest BCUT2D eigenvalue weighted by Crippen LogP contribution is -2.71. The molecule has 6 heteroatoms. The van der Waals surface area contributed by atoms with E-state index < -0.39 is 11.6 Å². The highest BCUT2D eigenvalue weighted by Gasteiger charge is 2.63. The molecule has 0 saturated carbocycles. The zero-order valence-electron chi connectivity index (χ0n) is 10.1. The van der Waals surface area contributed by atoms with Crippen LogP contribution >= 0.6 is 0 Å². The third-order valence-corrected chi connectivity index (χ3v) is 3.33. The van der Waals surface area contributed by atoms with E-state index in [0.717, 1.165) is 0 Å². The first-order valence-electron chi connectivity index (χ1n) is 5.29. The van der Waals surface area contributed by atoms with Crippen molar-refractivity contribution in [3.63, 3.8) is 0 Å². The molecule has 1 amide bonds. The maximum Gasteiger partial charge on any atom is 0.250 e. The summed E-state index contributed by atoms with van der Waals surface area (Å²) in [6.45, 7) is 0. The number of rotatable bonds is 3. The van der Waals surface area contributed by atoms with E-state index in [0.29, 0.717) is 5.76 Å². The molecule has 1 fully saturated rings. The number of amides is 1. The number of ketones is 1. The van der Waals surface area contributed by atoms with Crippen LogP contribution in [0.25, 0.3) is 0 Å². The van der Waals surface area contributed by atoms with Crippen molar-refractivity contribution in [3.8, 4) is 0 Å². The number of hydrogen-bond donors (Lipinski definition) is 0. The zero-order valence-corrected chi connectivity index (χ0v) is 10.1. The summed E-state index contributed by atoms with van der Waals surface area (Å²) in [5, 5.41) is 1.23. The van der Waals surface area contributed by atoms with Crippen molar-refractivity contribution in [2.45, 2.75) is 24.5 Å². The number of ether oxygens (including phenoxy) is 2. The van der Waals surface area contributed by atoms with Gasteiger partial charge in [-0.25, -0.2) is 5.06 Å². The molecule has 6 nitrogen and oxygen atoms in total. The van der Waals surface area contributed by atoms with E-state index in [-0.39, 0.29) is 24.5 Å². The number of allylic oxidation sites excluding steroid dienone is 1. The number of carbonyl (C=O) groups is 2. The van der Waals surface area contributed by atoms with Gasteiger partial charge >= 0.3 is 0 Å². The summed E-state index contributed by atoms with van der Waals surface area (Å²) in [4.78, 5) is 28.1. The van der Waals surface area contributed by atoms with Crippen LogP contribution in [0.5, 0.6) is 0 Å². The molecule has 1 aliphatic carbocycles. The summed E-state index contributed by atoms with van der Waals surface area (Å²) >= 11 is 0. The van der Waals surface area contributed by atoms with Gasteiger partial charge in [0.15, 0.2) is 11.3 Å². The molecular formula is C11H15NO5. The molecule has 1 saturated heterocycles. The Kier molecular flexibility index (Phi) is 2.92. The predicted octanol–water partition coefficient (Wildman–Crippen LogP) is 0.0370. The van der Waals surface area contributed by atoms with E-state index in [9.17, 15) is 9.59 Å². The van der Waals surface area contributed by atoms with Crippen molar-refractivity contribution < 1.29 is 23.9 Å². The third-order valence-electron chi connectivity index (χ3n) is 3.33. The highest BCUT2D eigenvalue weighted by molar-refractivity contribution is 5.95. The molecule has 2 unspecified atom stereocenters. The van der Waals surface area contributed by atoms with E-state index in [1.807, 2.05) is 0 Å². The molecule has 1 spiro atoms. The van der Waals surface area contributed by atoms with Crippen molar-refractivity contribution in [2.75, 3.05) is 21.3 Å². The first kappa shape index (κ1) is 12.1. The van der Waals surface area contributed by atoms with E-state index in [2.05, 4.69) is 0 Å². The molecule has 2 rings (SSSR count). The van der Waals surface area contributed by atoms with Crippen LogP contribution in [0.4, 0.5) is 0 Å². The number of β-lactam (4-membered cyclic amide) rings is 1. The average molecular weight is 241 g/mol. The second kappa shape index (κ2) is 4.12. The Bertz CT molecular complexity index is 391. The smallest absolute Gasteiger partial charge is 0.250 e. The van der Waals surface area contributed by atoms with Gasteiger partial charge in [0.25, 0.3) is 0 Å². The zero-order chi connectivity index (χ0) is 12.6. The molecule has 1 heterocycles. The van der Waals surface area contributed by atoms with E-state index in [1.54, 1.807) is 0 Å². The van der Waals surface area contributed by atoms with Gasteiger partial charge in [0, 0.05) is 19.6 Å². The Morgan fingerprint density at radius 1 is 1.35 bits per heavy atom. The molecule has 2 atom stereocenters. The van der Waals surface area contributed by atoms with Crippen molar-refractivity contribution >= 4 is 11.7 Å².